The predicted molar refractivity (Wildman–Crippen MR) is 84.4 cm³/mol. The molecule has 2 saturated heterocycles. The van der Waals surface area contributed by atoms with Crippen LogP contribution in [0.4, 0.5) is 0 Å². The van der Waals surface area contributed by atoms with Crippen molar-refractivity contribution in [3.8, 4) is 0 Å². The Labute approximate surface area is 129 Å². The van der Waals surface area contributed by atoms with Crippen LogP contribution in [0.25, 0.3) is 0 Å². The van der Waals surface area contributed by atoms with Crippen LogP contribution in [-0.2, 0) is 9.53 Å². The second kappa shape index (κ2) is 8.71. The highest BCUT2D eigenvalue weighted by Crippen LogP contribution is 2.09. The lowest BCUT2D eigenvalue weighted by Gasteiger charge is -2.36. The molecule has 122 valence electrons. The summed E-state index contributed by atoms with van der Waals surface area (Å²) < 4.78 is 5.40. The summed E-state index contributed by atoms with van der Waals surface area (Å²) in [6.45, 7) is 12.7. The molecule has 0 saturated carbocycles. The molecule has 2 aliphatic rings. The molecule has 1 amide bonds. The number of likely N-dealkylation sites (tertiary alicyclic amines) is 1. The number of piperidine rings is 1. The van der Waals surface area contributed by atoms with Crippen LogP contribution in [0.15, 0.2) is 0 Å². The Balaban J connectivity index is 1.60. The van der Waals surface area contributed by atoms with E-state index in [0.29, 0.717) is 0 Å². The zero-order valence-electron chi connectivity index (χ0n) is 13.7. The van der Waals surface area contributed by atoms with Crippen LogP contribution in [0.3, 0.4) is 0 Å². The summed E-state index contributed by atoms with van der Waals surface area (Å²) in [6, 6.07) is 0. The molecule has 2 rings (SSSR count). The van der Waals surface area contributed by atoms with E-state index in [4.69, 9.17) is 4.74 Å². The molecule has 2 aliphatic heterocycles. The standard InChI is InChI=1S/C16H31N3O2/c1-15(2)21-14-16(20)19-12-10-18(11-13-19)9-8-17-6-4-3-5-7-17/h15H,3-14H2,1-2H3. The molecule has 0 aromatic carbocycles. The first kappa shape index (κ1) is 16.7. The van der Waals surface area contributed by atoms with Gasteiger partial charge in [-0.3, -0.25) is 9.69 Å². The van der Waals surface area contributed by atoms with Crippen LogP contribution in [0.5, 0.6) is 0 Å². The summed E-state index contributed by atoms with van der Waals surface area (Å²) in [5.74, 6) is 0.138. The number of nitrogens with zero attached hydrogens (tertiary/aromatic N) is 3. The molecule has 21 heavy (non-hydrogen) atoms. The average molecular weight is 297 g/mol. The van der Waals surface area contributed by atoms with Crippen molar-refractivity contribution in [2.75, 3.05) is 59.0 Å². The van der Waals surface area contributed by atoms with Gasteiger partial charge in [0.05, 0.1) is 6.10 Å². The highest BCUT2D eigenvalue weighted by molar-refractivity contribution is 5.77. The third-order valence-corrected chi connectivity index (χ3v) is 4.45. The number of ether oxygens (including phenoxy) is 1. The van der Waals surface area contributed by atoms with E-state index in [1.54, 1.807) is 0 Å². The van der Waals surface area contributed by atoms with Gasteiger partial charge in [-0.15, -0.1) is 0 Å². The summed E-state index contributed by atoms with van der Waals surface area (Å²) in [4.78, 5) is 19.0. The van der Waals surface area contributed by atoms with Crippen LogP contribution < -0.4 is 0 Å². The van der Waals surface area contributed by atoms with Gasteiger partial charge in [0.15, 0.2) is 0 Å². The first-order valence-corrected chi connectivity index (χ1v) is 8.49. The van der Waals surface area contributed by atoms with Crippen molar-refractivity contribution in [2.24, 2.45) is 0 Å². The zero-order valence-corrected chi connectivity index (χ0v) is 13.7. The monoisotopic (exact) mass is 297 g/mol. The molecular formula is C16H31N3O2. The molecule has 0 radical (unpaired) electrons. The van der Waals surface area contributed by atoms with Crippen LogP contribution in [0.2, 0.25) is 0 Å². The van der Waals surface area contributed by atoms with E-state index >= 15 is 0 Å². The summed E-state index contributed by atoms with van der Waals surface area (Å²) >= 11 is 0. The average Bonchev–Trinajstić information content (AvgIpc) is 2.52. The van der Waals surface area contributed by atoms with Gasteiger partial charge in [0.1, 0.15) is 6.61 Å². The lowest BCUT2D eigenvalue weighted by molar-refractivity contribution is -0.139. The molecule has 0 unspecified atom stereocenters. The molecule has 0 atom stereocenters. The van der Waals surface area contributed by atoms with Crippen molar-refractivity contribution in [1.29, 1.82) is 0 Å². The van der Waals surface area contributed by atoms with E-state index in [2.05, 4.69) is 9.80 Å². The molecule has 2 fully saturated rings. The topological polar surface area (TPSA) is 36.0 Å². The predicted octanol–water partition coefficient (Wildman–Crippen LogP) is 1.04. The number of rotatable bonds is 6. The summed E-state index contributed by atoms with van der Waals surface area (Å²) in [5.41, 5.74) is 0. The van der Waals surface area contributed by atoms with Gasteiger partial charge in [0.2, 0.25) is 5.91 Å². The third kappa shape index (κ3) is 5.93. The van der Waals surface area contributed by atoms with Crippen LogP contribution in [0.1, 0.15) is 33.1 Å². The van der Waals surface area contributed by atoms with Gasteiger partial charge < -0.3 is 14.5 Å². The maximum Gasteiger partial charge on any atom is 0.248 e. The minimum atomic E-state index is 0.125. The van der Waals surface area contributed by atoms with Gasteiger partial charge >= 0.3 is 0 Å². The van der Waals surface area contributed by atoms with E-state index in [1.165, 1.54) is 38.9 Å². The van der Waals surface area contributed by atoms with Gasteiger partial charge in [-0.1, -0.05) is 6.42 Å². The van der Waals surface area contributed by atoms with Crippen molar-refractivity contribution in [1.82, 2.24) is 14.7 Å². The SMILES string of the molecule is CC(C)OCC(=O)N1CCN(CCN2CCCCC2)CC1. The molecule has 0 bridgehead atoms. The van der Waals surface area contributed by atoms with E-state index in [9.17, 15) is 4.79 Å². The molecule has 0 N–H and O–H groups in total. The summed E-state index contributed by atoms with van der Waals surface area (Å²) in [7, 11) is 0. The summed E-state index contributed by atoms with van der Waals surface area (Å²) in [6.07, 6.45) is 4.24. The Bertz CT molecular complexity index is 309. The number of piperazine rings is 1. The maximum absolute atomic E-state index is 12.0. The van der Waals surface area contributed by atoms with Crippen LogP contribution in [-0.4, -0.2) is 85.7 Å². The fourth-order valence-corrected chi connectivity index (χ4v) is 3.02. The maximum atomic E-state index is 12.0. The molecular weight excluding hydrogens is 266 g/mol. The van der Waals surface area contributed by atoms with Gasteiger partial charge in [-0.2, -0.15) is 0 Å². The van der Waals surface area contributed by atoms with Crippen molar-refractivity contribution in [3.63, 3.8) is 0 Å². The molecule has 5 heteroatoms. The Hall–Kier alpha value is -0.650. The largest absolute Gasteiger partial charge is 0.369 e. The summed E-state index contributed by atoms with van der Waals surface area (Å²) in [5, 5.41) is 0. The van der Waals surface area contributed by atoms with E-state index in [1.807, 2.05) is 18.7 Å². The van der Waals surface area contributed by atoms with Gasteiger partial charge in [-0.25, -0.2) is 0 Å². The third-order valence-electron chi connectivity index (χ3n) is 4.45. The molecule has 0 aromatic heterocycles. The number of hydrogen-bond donors (Lipinski definition) is 0. The smallest absolute Gasteiger partial charge is 0.248 e. The van der Waals surface area contributed by atoms with Gasteiger partial charge in [0, 0.05) is 39.3 Å². The lowest BCUT2D eigenvalue weighted by Crippen LogP contribution is -2.51. The Morgan fingerprint density at radius 3 is 2.05 bits per heavy atom. The fraction of sp³-hybridized carbons (Fsp3) is 0.938. The number of carbonyl (C=O) groups is 1. The normalized spacial score (nSPS) is 22.0. The van der Waals surface area contributed by atoms with E-state index in [-0.39, 0.29) is 18.6 Å². The second-order valence-electron chi connectivity index (χ2n) is 6.48. The first-order chi connectivity index (χ1) is 10.1. The number of amides is 1. The highest BCUT2D eigenvalue weighted by atomic mass is 16.5. The molecule has 0 aliphatic carbocycles. The van der Waals surface area contributed by atoms with Crippen LogP contribution >= 0.6 is 0 Å². The molecule has 0 spiro atoms. The van der Waals surface area contributed by atoms with Crippen molar-refractivity contribution in [2.45, 2.75) is 39.2 Å². The van der Waals surface area contributed by atoms with Crippen molar-refractivity contribution in [3.05, 3.63) is 0 Å². The molecule has 5 nitrogen and oxygen atoms in total. The quantitative estimate of drug-likeness (QED) is 0.734. The number of carbonyl (C=O) groups excluding carboxylic acids is 1. The first-order valence-electron chi connectivity index (χ1n) is 8.49. The second-order valence-corrected chi connectivity index (χ2v) is 6.48. The Morgan fingerprint density at radius 1 is 0.905 bits per heavy atom. The van der Waals surface area contributed by atoms with Gasteiger partial charge in [0.25, 0.3) is 0 Å². The lowest BCUT2D eigenvalue weighted by atomic mass is 10.1. The van der Waals surface area contributed by atoms with Crippen LogP contribution in [0, 0.1) is 0 Å². The molecule has 2 heterocycles. The Kier molecular flexibility index (Phi) is 6.93. The molecule has 0 aromatic rings. The minimum absolute atomic E-state index is 0.125. The fourth-order valence-electron chi connectivity index (χ4n) is 3.02. The Morgan fingerprint density at radius 2 is 1.48 bits per heavy atom. The van der Waals surface area contributed by atoms with Gasteiger partial charge in [-0.05, 0) is 39.8 Å². The van der Waals surface area contributed by atoms with E-state index < -0.39 is 0 Å². The van der Waals surface area contributed by atoms with Crippen molar-refractivity contribution >= 4 is 5.91 Å². The highest BCUT2D eigenvalue weighted by Gasteiger charge is 2.21. The minimum Gasteiger partial charge on any atom is -0.369 e. The van der Waals surface area contributed by atoms with Crippen molar-refractivity contribution < 1.29 is 9.53 Å². The van der Waals surface area contributed by atoms with E-state index in [0.717, 1.165) is 32.7 Å². The number of hydrogen-bond acceptors (Lipinski definition) is 4. The zero-order chi connectivity index (χ0) is 15.1.